The Balaban J connectivity index is 1.58. The van der Waals surface area contributed by atoms with Gasteiger partial charge in [-0.1, -0.05) is 13.0 Å². The quantitative estimate of drug-likeness (QED) is 0.707. The van der Waals surface area contributed by atoms with Gasteiger partial charge in [0.1, 0.15) is 11.2 Å². The number of likely N-dealkylation sites (tertiary alicyclic amines) is 1. The lowest BCUT2D eigenvalue weighted by Crippen LogP contribution is -2.53. The van der Waals surface area contributed by atoms with Gasteiger partial charge in [-0.3, -0.25) is 9.78 Å². The van der Waals surface area contributed by atoms with Crippen LogP contribution in [0.2, 0.25) is 0 Å². The van der Waals surface area contributed by atoms with Crippen LogP contribution in [0.15, 0.2) is 61.1 Å². The van der Waals surface area contributed by atoms with Crippen molar-refractivity contribution in [2.24, 2.45) is 0 Å². The molecule has 0 saturated carbocycles. The molecule has 2 aliphatic rings. The molecule has 5 heterocycles. The topological polar surface area (TPSA) is 54.3 Å². The third kappa shape index (κ3) is 2.37. The van der Waals surface area contributed by atoms with Gasteiger partial charge >= 0.3 is 0 Å². The van der Waals surface area contributed by atoms with Gasteiger partial charge in [0, 0.05) is 38.2 Å². The van der Waals surface area contributed by atoms with Crippen LogP contribution in [0.1, 0.15) is 35.9 Å². The maximum atomic E-state index is 13.1. The molecule has 6 heteroatoms. The van der Waals surface area contributed by atoms with Crippen molar-refractivity contribution in [2.45, 2.75) is 25.3 Å². The van der Waals surface area contributed by atoms with E-state index in [0.717, 1.165) is 37.4 Å². The zero-order valence-corrected chi connectivity index (χ0v) is 16.0. The Kier molecular flexibility index (Phi) is 3.93. The summed E-state index contributed by atoms with van der Waals surface area (Å²) in [7, 11) is 0. The van der Waals surface area contributed by atoms with Crippen LogP contribution >= 0.6 is 0 Å². The monoisotopic (exact) mass is 373 g/mol. The van der Waals surface area contributed by atoms with Crippen molar-refractivity contribution in [3.05, 3.63) is 72.4 Å². The summed E-state index contributed by atoms with van der Waals surface area (Å²) < 4.78 is 2.19. The van der Waals surface area contributed by atoms with E-state index < -0.39 is 0 Å². The van der Waals surface area contributed by atoms with Crippen LogP contribution in [0.3, 0.4) is 0 Å². The van der Waals surface area contributed by atoms with Crippen LogP contribution in [-0.4, -0.2) is 45.0 Å². The number of rotatable bonds is 3. The normalized spacial score (nSPS) is 20.3. The van der Waals surface area contributed by atoms with Crippen molar-refractivity contribution in [2.75, 3.05) is 24.5 Å². The standard InChI is InChI=1S/C22H23N5O/c1-2-13-27-18-8-5-12-24-20(18)26-14-6-9-19(26)22(27)10-15-25(16-22)21(28)17-7-3-4-11-23-17/h3-9,11-12,14H,2,10,13,15-16H2,1H3. The average molecular weight is 373 g/mol. The Hall–Kier alpha value is -3.15. The molecule has 1 amide bonds. The van der Waals surface area contributed by atoms with Crippen LogP contribution in [-0.2, 0) is 5.54 Å². The number of hydrogen-bond acceptors (Lipinski definition) is 4. The lowest BCUT2D eigenvalue weighted by molar-refractivity contribution is 0.0776. The van der Waals surface area contributed by atoms with Gasteiger partial charge in [0.05, 0.1) is 11.4 Å². The highest BCUT2D eigenvalue weighted by atomic mass is 16.2. The summed E-state index contributed by atoms with van der Waals surface area (Å²) in [6.07, 6.45) is 7.52. The highest BCUT2D eigenvalue weighted by Gasteiger charge is 2.50. The van der Waals surface area contributed by atoms with Crippen LogP contribution in [0.25, 0.3) is 5.82 Å². The minimum Gasteiger partial charge on any atom is -0.355 e. The second-order valence-electron chi connectivity index (χ2n) is 7.48. The van der Waals surface area contributed by atoms with Gasteiger partial charge in [0.25, 0.3) is 5.91 Å². The van der Waals surface area contributed by atoms with Gasteiger partial charge in [0.15, 0.2) is 5.82 Å². The molecular formula is C22H23N5O. The molecule has 28 heavy (non-hydrogen) atoms. The zero-order chi connectivity index (χ0) is 19.1. The Morgan fingerprint density at radius 2 is 2.00 bits per heavy atom. The van der Waals surface area contributed by atoms with Crippen molar-refractivity contribution >= 4 is 11.6 Å². The molecule has 3 aromatic rings. The molecule has 0 aromatic carbocycles. The van der Waals surface area contributed by atoms with Gasteiger partial charge in [-0.2, -0.15) is 0 Å². The molecule has 1 atom stereocenters. The summed E-state index contributed by atoms with van der Waals surface area (Å²) >= 11 is 0. The number of carbonyl (C=O) groups is 1. The van der Waals surface area contributed by atoms with Crippen molar-refractivity contribution in [1.29, 1.82) is 0 Å². The molecule has 5 rings (SSSR count). The maximum Gasteiger partial charge on any atom is 0.272 e. The minimum absolute atomic E-state index is 0.00372. The smallest absolute Gasteiger partial charge is 0.272 e. The molecule has 0 N–H and O–H groups in total. The van der Waals surface area contributed by atoms with E-state index in [2.05, 4.69) is 50.8 Å². The molecule has 142 valence electrons. The molecule has 2 aliphatic heterocycles. The molecule has 1 fully saturated rings. The third-order valence-corrected chi connectivity index (χ3v) is 5.89. The van der Waals surface area contributed by atoms with Gasteiger partial charge in [-0.05, 0) is 49.2 Å². The number of aromatic nitrogens is 3. The number of hydrogen-bond donors (Lipinski definition) is 0. The van der Waals surface area contributed by atoms with Crippen molar-refractivity contribution < 1.29 is 4.79 Å². The number of carbonyl (C=O) groups excluding carboxylic acids is 1. The van der Waals surface area contributed by atoms with Crippen molar-refractivity contribution in [3.8, 4) is 5.82 Å². The van der Waals surface area contributed by atoms with E-state index in [1.165, 1.54) is 5.69 Å². The minimum atomic E-state index is -0.236. The number of pyridine rings is 2. The van der Waals surface area contributed by atoms with Crippen molar-refractivity contribution in [1.82, 2.24) is 19.4 Å². The van der Waals surface area contributed by atoms with Gasteiger partial charge in [0.2, 0.25) is 0 Å². The molecule has 1 saturated heterocycles. The molecule has 6 nitrogen and oxygen atoms in total. The predicted molar refractivity (Wildman–Crippen MR) is 108 cm³/mol. The van der Waals surface area contributed by atoms with E-state index in [4.69, 9.17) is 0 Å². The number of fused-ring (bicyclic) bond motifs is 4. The zero-order valence-electron chi connectivity index (χ0n) is 16.0. The second kappa shape index (κ2) is 6.48. The van der Waals surface area contributed by atoms with E-state index in [0.29, 0.717) is 12.2 Å². The van der Waals surface area contributed by atoms with E-state index in [-0.39, 0.29) is 11.4 Å². The number of nitrogens with zero attached hydrogens (tertiary/aromatic N) is 5. The number of amides is 1. The van der Waals surface area contributed by atoms with Gasteiger partial charge < -0.3 is 14.4 Å². The van der Waals surface area contributed by atoms with E-state index >= 15 is 0 Å². The van der Waals surface area contributed by atoms with Crippen LogP contribution in [0.4, 0.5) is 5.69 Å². The van der Waals surface area contributed by atoms with Crippen molar-refractivity contribution in [3.63, 3.8) is 0 Å². The number of anilines is 1. The lowest BCUT2D eigenvalue weighted by Gasteiger charge is -2.47. The predicted octanol–water partition coefficient (Wildman–Crippen LogP) is 3.24. The molecule has 0 bridgehead atoms. The fourth-order valence-electron chi connectivity index (χ4n) is 4.70. The summed E-state index contributed by atoms with van der Waals surface area (Å²) in [5.41, 5.74) is 2.62. The molecular weight excluding hydrogens is 350 g/mol. The molecule has 1 spiro atoms. The first kappa shape index (κ1) is 17.0. The lowest BCUT2D eigenvalue weighted by atomic mass is 9.88. The third-order valence-electron chi connectivity index (χ3n) is 5.89. The average Bonchev–Trinajstić information content (AvgIpc) is 3.40. The second-order valence-corrected chi connectivity index (χ2v) is 7.48. The largest absolute Gasteiger partial charge is 0.355 e. The highest BCUT2D eigenvalue weighted by Crippen LogP contribution is 2.47. The molecule has 0 radical (unpaired) electrons. The van der Waals surface area contributed by atoms with E-state index in [1.54, 1.807) is 12.3 Å². The summed E-state index contributed by atoms with van der Waals surface area (Å²) in [5, 5.41) is 0. The Morgan fingerprint density at radius 1 is 1.11 bits per heavy atom. The Labute approximate surface area is 164 Å². The van der Waals surface area contributed by atoms with E-state index in [1.807, 2.05) is 29.3 Å². The maximum absolute atomic E-state index is 13.1. The first-order valence-corrected chi connectivity index (χ1v) is 9.86. The van der Waals surface area contributed by atoms with Gasteiger partial charge in [-0.25, -0.2) is 4.98 Å². The summed E-state index contributed by atoms with van der Waals surface area (Å²) in [5.74, 6) is 0.972. The summed E-state index contributed by atoms with van der Waals surface area (Å²) in [6.45, 7) is 4.50. The Morgan fingerprint density at radius 3 is 2.82 bits per heavy atom. The molecule has 1 unspecified atom stereocenters. The highest BCUT2D eigenvalue weighted by molar-refractivity contribution is 5.92. The fraction of sp³-hybridized carbons (Fsp3) is 0.318. The van der Waals surface area contributed by atoms with Crippen LogP contribution in [0, 0.1) is 0 Å². The first-order chi connectivity index (χ1) is 13.7. The first-order valence-electron chi connectivity index (χ1n) is 9.86. The molecule has 0 aliphatic carbocycles. The van der Waals surface area contributed by atoms with E-state index in [9.17, 15) is 4.79 Å². The summed E-state index contributed by atoms with van der Waals surface area (Å²) in [4.78, 5) is 26.4. The SMILES string of the molecule is CCCN1c2cccnc2-n2cccc2C12CCN(C(=O)c1ccccn1)C2. The van der Waals surface area contributed by atoms with Crippen LogP contribution < -0.4 is 4.90 Å². The molecule has 3 aromatic heterocycles. The van der Waals surface area contributed by atoms with Gasteiger partial charge in [-0.15, -0.1) is 0 Å². The Bertz CT molecular complexity index is 1010. The summed E-state index contributed by atoms with van der Waals surface area (Å²) in [6, 6.07) is 13.9. The fourth-order valence-corrected chi connectivity index (χ4v) is 4.70. The van der Waals surface area contributed by atoms with Crippen LogP contribution in [0.5, 0.6) is 0 Å².